The first kappa shape index (κ1) is 23.8. The summed E-state index contributed by atoms with van der Waals surface area (Å²) in [5.41, 5.74) is 1.36. The highest BCUT2D eigenvalue weighted by Crippen LogP contribution is 2.28. The molecule has 5 nitrogen and oxygen atoms in total. The smallest absolute Gasteiger partial charge is 0.268 e. The highest BCUT2D eigenvalue weighted by molar-refractivity contribution is 7.15. The summed E-state index contributed by atoms with van der Waals surface area (Å²) in [6.45, 7) is 3.89. The van der Waals surface area contributed by atoms with Gasteiger partial charge < -0.3 is 4.74 Å². The van der Waals surface area contributed by atoms with Gasteiger partial charge in [-0.2, -0.15) is 5.26 Å². The fourth-order valence-electron chi connectivity index (χ4n) is 2.68. The molecule has 0 aliphatic heterocycles. The van der Waals surface area contributed by atoms with Gasteiger partial charge in [0.05, 0.1) is 10.0 Å². The topological polar surface area (TPSA) is 75.0 Å². The molecule has 0 radical (unpaired) electrons. The number of nitriles is 1. The second-order valence-corrected chi connectivity index (χ2v) is 8.83. The number of aromatic nitrogens is 1. The number of carbonyl (C=O) groups excluding carboxylic acids is 1. The Morgan fingerprint density at radius 1 is 1.22 bits per heavy atom. The highest BCUT2D eigenvalue weighted by Gasteiger charge is 2.14. The molecule has 0 aliphatic rings. The van der Waals surface area contributed by atoms with Crippen molar-refractivity contribution in [1.82, 2.24) is 4.98 Å². The first-order valence-corrected chi connectivity index (χ1v) is 11.2. The summed E-state index contributed by atoms with van der Waals surface area (Å²) in [4.78, 5) is 17.8. The van der Waals surface area contributed by atoms with Crippen LogP contribution in [-0.4, -0.2) is 17.5 Å². The monoisotopic (exact) mass is 503 g/mol. The zero-order valence-corrected chi connectivity index (χ0v) is 19.7. The van der Waals surface area contributed by atoms with Crippen LogP contribution in [0.1, 0.15) is 16.0 Å². The molecule has 1 amide bonds. The molecule has 9 heteroatoms. The van der Waals surface area contributed by atoms with E-state index in [4.69, 9.17) is 39.5 Å². The Hall–Kier alpha value is -2.82. The Morgan fingerprint density at radius 3 is 2.75 bits per heavy atom. The van der Waals surface area contributed by atoms with E-state index in [2.05, 4.69) is 16.9 Å². The zero-order valence-electron chi connectivity index (χ0n) is 16.6. The Balaban J connectivity index is 1.75. The molecule has 0 saturated carbocycles. The molecule has 0 saturated heterocycles. The Labute approximate surface area is 204 Å². The van der Waals surface area contributed by atoms with E-state index in [1.165, 1.54) is 17.4 Å². The maximum atomic E-state index is 12.7. The maximum absolute atomic E-state index is 12.7. The van der Waals surface area contributed by atoms with Gasteiger partial charge in [-0.1, -0.05) is 53.5 Å². The number of carbonyl (C=O) groups is 1. The van der Waals surface area contributed by atoms with Crippen molar-refractivity contribution in [3.63, 3.8) is 0 Å². The van der Waals surface area contributed by atoms with Gasteiger partial charge in [-0.25, -0.2) is 4.98 Å². The van der Waals surface area contributed by atoms with Crippen LogP contribution >= 0.6 is 46.1 Å². The number of nitrogens with one attached hydrogen (secondary N) is 1. The molecule has 0 unspecified atom stereocenters. The van der Waals surface area contributed by atoms with Crippen molar-refractivity contribution >= 4 is 63.3 Å². The largest absolute Gasteiger partial charge is 0.489 e. The number of nitrogens with zero attached hydrogens (tertiary/aromatic N) is 2. The summed E-state index contributed by atoms with van der Waals surface area (Å²) in [5.74, 6) is -0.106. The molecule has 3 rings (SSSR count). The van der Waals surface area contributed by atoms with Crippen molar-refractivity contribution in [3.8, 4) is 11.8 Å². The number of thiazole rings is 1. The summed E-state index contributed by atoms with van der Waals surface area (Å²) < 4.78 is 5.57. The van der Waals surface area contributed by atoms with Gasteiger partial charge in [0.25, 0.3) is 5.91 Å². The third kappa shape index (κ3) is 6.35. The van der Waals surface area contributed by atoms with Gasteiger partial charge in [0.15, 0.2) is 5.13 Å². The summed E-state index contributed by atoms with van der Waals surface area (Å²) in [5, 5.41) is 14.0. The summed E-state index contributed by atoms with van der Waals surface area (Å²) in [6.07, 6.45) is 5.26. The number of benzene rings is 2. The first-order chi connectivity index (χ1) is 15.4. The molecular weight excluding hydrogens is 489 g/mol. The number of rotatable bonds is 8. The quantitative estimate of drug-likeness (QED) is 0.208. The molecule has 3 aromatic rings. The molecule has 0 fully saturated rings. The Morgan fingerprint density at radius 2 is 2.03 bits per heavy atom. The van der Waals surface area contributed by atoms with Crippen molar-refractivity contribution in [2.75, 3.05) is 11.9 Å². The van der Waals surface area contributed by atoms with Gasteiger partial charge in [0.2, 0.25) is 0 Å². The lowest BCUT2D eigenvalue weighted by molar-refractivity contribution is -0.112. The Bertz CT molecular complexity index is 1230. The van der Waals surface area contributed by atoms with Crippen molar-refractivity contribution in [2.45, 2.75) is 6.42 Å². The van der Waals surface area contributed by atoms with Gasteiger partial charge in [-0.3, -0.25) is 10.1 Å². The predicted octanol–water partition coefficient (Wildman–Crippen LogP) is 6.80. The maximum Gasteiger partial charge on any atom is 0.268 e. The average molecular weight is 505 g/mol. The molecule has 162 valence electrons. The van der Waals surface area contributed by atoms with Gasteiger partial charge in [0.1, 0.15) is 24.0 Å². The zero-order chi connectivity index (χ0) is 23.1. The highest BCUT2D eigenvalue weighted by atomic mass is 35.5. The lowest BCUT2D eigenvalue weighted by Crippen LogP contribution is -2.13. The van der Waals surface area contributed by atoms with E-state index in [0.717, 1.165) is 10.4 Å². The fraction of sp³-hybridized carbons (Fsp3) is 0.0870. The summed E-state index contributed by atoms with van der Waals surface area (Å²) in [6, 6.07) is 12.2. The van der Waals surface area contributed by atoms with Crippen molar-refractivity contribution in [3.05, 3.63) is 91.9 Å². The minimum Gasteiger partial charge on any atom is -0.489 e. The van der Waals surface area contributed by atoms with E-state index in [1.54, 1.807) is 42.6 Å². The molecule has 1 N–H and O–H groups in total. The third-order valence-electron chi connectivity index (χ3n) is 4.13. The normalized spacial score (nSPS) is 11.0. The van der Waals surface area contributed by atoms with E-state index >= 15 is 0 Å². The first-order valence-electron chi connectivity index (χ1n) is 9.24. The van der Waals surface area contributed by atoms with Crippen LogP contribution in [0.3, 0.4) is 0 Å². The second-order valence-electron chi connectivity index (χ2n) is 6.46. The molecule has 0 aliphatic carbocycles. The molecule has 1 heterocycles. The molecule has 1 aromatic heterocycles. The number of amides is 1. The third-order valence-corrected chi connectivity index (χ3v) is 6.02. The molecule has 0 atom stereocenters. The van der Waals surface area contributed by atoms with Gasteiger partial charge in [-0.05, 0) is 42.0 Å². The van der Waals surface area contributed by atoms with Crippen molar-refractivity contribution < 1.29 is 9.53 Å². The van der Waals surface area contributed by atoms with Crippen LogP contribution in [0.5, 0.6) is 5.75 Å². The minimum atomic E-state index is -0.586. The van der Waals surface area contributed by atoms with Crippen LogP contribution in [0.2, 0.25) is 15.1 Å². The van der Waals surface area contributed by atoms with Gasteiger partial charge >= 0.3 is 0 Å². The summed E-state index contributed by atoms with van der Waals surface area (Å²) in [7, 11) is 0. The molecular formula is C23H16Cl3N3O2S. The molecule has 32 heavy (non-hydrogen) atoms. The van der Waals surface area contributed by atoms with E-state index in [9.17, 15) is 10.1 Å². The van der Waals surface area contributed by atoms with Gasteiger partial charge in [-0.15, -0.1) is 11.3 Å². The van der Waals surface area contributed by atoms with Crippen LogP contribution in [0.15, 0.2) is 60.8 Å². The van der Waals surface area contributed by atoms with Crippen LogP contribution in [0, 0.1) is 11.3 Å². The molecule has 2 aromatic carbocycles. The Kier molecular flexibility index (Phi) is 8.32. The van der Waals surface area contributed by atoms with Gasteiger partial charge in [0, 0.05) is 28.1 Å². The fourth-order valence-corrected chi connectivity index (χ4v) is 4.02. The number of ether oxygens (including phenoxy) is 1. The van der Waals surface area contributed by atoms with Crippen molar-refractivity contribution in [1.29, 1.82) is 5.26 Å². The van der Waals surface area contributed by atoms with Crippen LogP contribution in [0.4, 0.5) is 5.13 Å². The lowest BCUT2D eigenvalue weighted by Gasteiger charge is -2.08. The van der Waals surface area contributed by atoms with Crippen molar-refractivity contribution in [2.24, 2.45) is 0 Å². The summed E-state index contributed by atoms with van der Waals surface area (Å²) >= 11 is 19.4. The molecule has 0 bridgehead atoms. The lowest BCUT2D eigenvalue weighted by atomic mass is 10.1. The van der Waals surface area contributed by atoms with E-state index in [1.807, 2.05) is 12.1 Å². The molecule has 0 spiro atoms. The predicted molar refractivity (Wildman–Crippen MR) is 131 cm³/mol. The number of hydrogen-bond donors (Lipinski definition) is 1. The van der Waals surface area contributed by atoms with Crippen LogP contribution < -0.4 is 10.1 Å². The number of hydrogen-bond acceptors (Lipinski definition) is 5. The van der Waals surface area contributed by atoms with E-state index < -0.39 is 5.91 Å². The van der Waals surface area contributed by atoms with E-state index in [-0.39, 0.29) is 12.2 Å². The van der Waals surface area contributed by atoms with Crippen LogP contribution in [0.25, 0.3) is 6.08 Å². The van der Waals surface area contributed by atoms with Crippen LogP contribution in [-0.2, 0) is 11.2 Å². The SMILES string of the molecule is C=CCOc1ccc(Cl)cc1C=C(C#N)C(=O)Nc1ncc(Cc2ccc(Cl)c(Cl)c2)s1. The van der Waals surface area contributed by atoms with E-state index in [0.29, 0.717) is 37.9 Å². The number of anilines is 1. The second kappa shape index (κ2) is 11.2. The average Bonchev–Trinajstić information content (AvgIpc) is 3.20. The number of halogens is 3. The standard InChI is InChI=1S/C23H16Cl3N3O2S/c1-2-7-31-21-6-4-17(24)11-15(21)10-16(12-27)22(30)29-23-28-13-18(32-23)8-14-3-5-19(25)20(26)9-14/h2-6,9-11,13H,1,7-8H2,(H,28,29,30). The minimum absolute atomic E-state index is 0.114.